The van der Waals surface area contributed by atoms with Crippen LogP contribution in [0, 0.1) is 4.91 Å². The van der Waals surface area contributed by atoms with Crippen LogP contribution in [0.25, 0.3) is 10.9 Å². The van der Waals surface area contributed by atoms with Crippen molar-refractivity contribution in [1.82, 2.24) is 9.78 Å². The average molecular weight is 189 g/mol. The molecule has 2 aromatic rings. The van der Waals surface area contributed by atoms with Crippen molar-refractivity contribution in [3.05, 3.63) is 34.9 Å². The standard InChI is InChI=1S/C9H7N3O2/c1-12-8(9(13)11-14)6-4-2-3-5-7(6)10-12/h2-5H,1H3. The van der Waals surface area contributed by atoms with Crippen LogP contribution in [0.1, 0.15) is 10.5 Å². The molecule has 1 heterocycles. The second-order valence-electron chi connectivity index (χ2n) is 2.89. The van der Waals surface area contributed by atoms with Crippen LogP contribution in [-0.2, 0) is 7.05 Å². The Labute approximate surface area is 79.3 Å². The molecule has 0 aliphatic heterocycles. The molecule has 0 bridgehead atoms. The molecule has 5 nitrogen and oxygen atoms in total. The number of carbonyl (C=O) groups excluding carboxylic acids is 1. The van der Waals surface area contributed by atoms with Crippen molar-refractivity contribution in [2.45, 2.75) is 0 Å². The number of hydrogen-bond donors (Lipinski definition) is 0. The van der Waals surface area contributed by atoms with E-state index in [4.69, 9.17) is 0 Å². The minimum Gasteiger partial charge on any atom is -0.262 e. The predicted octanol–water partition coefficient (Wildman–Crippen LogP) is 1.48. The third kappa shape index (κ3) is 1.10. The quantitative estimate of drug-likeness (QED) is 0.638. The number of amides is 1. The average Bonchev–Trinajstić information content (AvgIpc) is 2.53. The second-order valence-corrected chi connectivity index (χ2v) is 2.89. The molecule has 0 N–H and O–H groups in total. The van der Waals surface area contributed by atoms with Crippen LogP contribution in [0.2, 0.25) is 0 Å². The highest BCUT2D eigenvalue weighted by Crippen LogP contribution is 2.17. The van der Waals surface area contributed by atoms with Gasteiger partial charge in [0.25, 0.3) is 0 Å². The van der Waals surface area contributed by atoms with Gasteiger partial charge in [0.1, 0.15) is 5.69 Å². The van der Waals surface area contributed by atoms with Gasteiger partial charge >= 0.3 is 5.91 Å². The molecule has 14 heavy (non-hydrogen) atoms. The van der Waals surface area contributed by atoms with Crippen LogP contribution in [0.15, 0.2) is 29.4 Å². The van der Waals surface area contributed by atoms with Crippen LogP contribution in [0.4, 0.5) is 0 Å². The summed E-state index contributed by atoms with van der Waals surface area (Å²) in [4.78, 5) is 21.3. The molecule has 0 radical (unpaired) electrons. The summed E-state index contributed by atoms with van der Waals surface area (Å²) in [7, 11) is 1.61. The fourth-order valence-electron chi connectivity index (χ4n) is 1.44. The zero-order chi connectivity index (χ0) is 10.1. The van der Waals surface area contributed by atoms with Gasteiger partial charge in [0.15, 0.2) is 0 Å². The number of carbonyl (C=O) groups is 1. The van der Waals surface area contributed by atoms with Gasteiger partial charge in [-0.05, 0) is 6.07 Å². The van der Waals surface area contributed by atoms with Gasteiger partial charge in [-0.2, -0.15) is 5.10 Å². The van der Waals surface area contributed by atoms with E-state index in [1.165, 1.54) is 4.68 Å². The number of aryl methyl sites for hydroxylation is 1. The molecule has 1 amide bonds. The van der Waals surface area contributed by atoms with Crippen molar-refractivity contribution in [2.24, 2.45) is 12.2 Å². The number of aromatic nitrogens is 2. The fourth-order valence-corrected chi connectivity index (χ4v) is 1.44. The molecular formula is C9H7N3O2. The summed E-state index contributed by atoms with van der Waals surface area (Å²) >= 11 is 0. The zero-order valence-electron chi connectivity index (χ0n) is 7.47. The Kier molecular flexibility index (Phi) is 1.85. The smallest absolute Gasteiger partial charge is 0.262 e. The van der Waals surface area contributed by atoms with Gasteiger partial charge in [-0.25, -0.2) is 0 Å². The molecular weight excluding hydrogens is 182 g/mol. The van der Waals surface area contributed by atoms with Gasteiger partial charge in [-0.3, -0.25) is 9.48 Å². The Bertz CT molecular complexity index is 516. The molecule has 2 rings (SSSR count). The number of nitrogens with zero attached hydrogens (tertiary/aromatic N) is 3. The molecule has 0 aliphatic carbocycles. The maximum Gasteiger partial charge on any atom is 0.335 e. The molecule has 0 saturated carbocycles. The topological polar surface area (TPSA) is 64.3 Å². The molecule has 0 atom stereocenters. The van der Waals surface area contributed by atoms with Crippen molar-refractivity contribution >= 4 is 16.8 Å². The maximum atomic E-state index is 11.2. The first kappa shape index (κ1) is 8.55. The first-order chi connectivity index (χ1) is 6.74. The van der Waals surface area contributed by atoms with E-state index >= 15 is 0 Å². The van der Waals surface area contributed by atoms with Crippen molar-refractivity contribution < 1.29 is 4.79 Å². The van der Waals surface area contributed by atoms with Crippen molar-refractivity contribution in [1.29, 1.82) is 0 Å². The Morgan fingerprint density at radius 1 is 1.43 bits per heavy atom. The molecule has 0 unspecified atom stereocenters. The zero-order valence-corrected chi connectivity index (χ0v) is 7.47. The van der Waals surface area contributed by atoms with Gasteiger partial charge in [0.05, 0.1) is 5.52 Å². The monoisotopic (exact) mass is 189 g/mol. The summed E-state index contributed by atoms with van der Waals surface area (Å²) in [5.74, 6) is -0.791. The highest BCUT2D eigenvalue weighted by molar-refractivity contribution is 6.05. The van der Waals surface area contributed by atoms with E-state index < -0.39 is 5.91 Å². The number of nitroso groups, excluding NO2 is 1. The predicted molar refractivity (Wildman–Crippen MR) is 50.8 cm³/mol. The molecule has 0 fully saturated rings. The first-order valence-corrected chi connectivity index (χ1v) is 4.03. The van der Waals surface area contributed by atoms with E-state index in [9.17, 15) is 9.70 Å². The normalized spacial score (nSPS) is 10.4. The molecule has 0 aliphatic rings. The Balaban J connectivity index is 2.80. The van der Waals surface area contributed by atoms with Gasteiger partial charge in [0.2, 0.25) is 0 Å². The van der Waals surface area contributed by atoms with Crippen LogP contribution in [0.5, 0.6) is 0 Å². The van der Waals surface area contributed by atoms with E-state index in [0.717, 1.165) is 0 Å². The lowest BCUT2D eigenvalue weighted by molar-refractivity contribution is 0.0993. The second kappa shape index (κ2) is 3.02. The van der Waals surface area contributed by atoms with Gasteiger partial charge < -0.3 is 0 Å². The minimum absolute atomic E-state index is 0.232. The van der Waals surface area contributed by atoms with E-state index in [1.807, 2.05) is 6.07 Å². The van der Waals surface area contributed by atoms with Crippen LogP contribution in [0.3, 0.4) is 0 Å². The first-order valence-electron chi connectivity index (χ1n) is 4.03. The maximum absolute atomic E-state index is 11.2. The number of benzene rings is 1. The molecule has 1 aromatic heterocycles. The van der Waals surface area contributed by atoms with E-state index in [1.54, 1.807) is 25.2 Å². The molecule has 1 aromatic carbocycles. The third-order valence-electron chi connectivity index (χ3n) is 2.03. The SMILES string of the molecule is Cn1nc2ccccc2c1C(=O)N=O. The molecule has 0 spiro atoms. The number of hydrogen-bond acceptors (Lipinski definition) is 3. The third-order valence-corrected chi connectivity index (χ3v) is 2.03. The lowest BCUT2D eigenvalue weighted by Crippen LogP contribution is -2.03. The number of rotatable bonds is 1. The highest BCUT2D eigenvalue weighted by Gasteiger charge is 2.16. The summed E-state index contributed by atoms with van der Waals surface area (Å²) in [6.45, 7) is 0. The van der Waals surface area contributed by atoms with E-state index in [0.29, 0.717) is 10.9 Å². The summed E-state index contributed by atoms with van der Waals surface area (Å²) in [5.41, 5.74) is 0.914. The van der Waals surface area contributed by atoms with Gasteiger partial charge in [0, 0.05) is 17.6 Å². The van der Waals surface area contributed by atoms with E-state index in [-0.39, 0.29) is 5.69 Å². The highest BCUT2D eigenvalue weighted by atomic mass is 16.3. The summed E-state index contributed by atoms with van der Waals surface area (Å²) in [5, 5.41) is 7.12. The van der Waals surface area contributed by atoms with Crippen molar-refractivity contribution in [3.63, 3.8) is 0 Å². The summed E-state index contributed by atoms with van der Waals surface area (Å²) in [6.07, 6.45) is 0. The Morgan fingerprint density at radius 3 is 2.86 bits per heavy atom. The fraction of sp³-hybridized carbons (Fsp3) is 0.111. The molecule has 0 saturated heterocycles. The van der Waals surface area contributed by atoms with Crippen LogP contribution in [-0.4, -0.2) is 15.7 Å². The van der Waals surface area contributed by atoms with Crippen LogP contribution >= 0.6 is 0 Å². The van der Waals surface area contributed by atoms with E-state index in [2.05, 4.69) is 10.3 Å². The van der Waals surface area contributed by atoms with Gasteiger partial charge in [-0.15, -0.1) is 4.91 Å². The lowest BCUT2D eigenvalue weighted by Gasteiger charge is -1.92. The summed E-state index contributed by atoms with van der Waals surface area (Å²) in [6, 6.07) is 7.11. The van der Waals surface area contributed by atoms with Crippen molar-refractivity contribution in [2.75, 3.05) is 0 Å². The Hall–Kier alpha value is -2.04. The minimum atomic E-state index is -0.791. The lowest BCUT2D eigenvalue weighted by atomic mass is 10.2. The largest absolute Gasteiger partial charge is 0.335 e. The number of fused-ring (bicyclic) bond motifs is 1. The molecule has 70 valence electrons. The Morgan fingerprint density at radius 2 is 2.14 bits per heavy atom. The van der Waals surface area contributed by atoms with Crippen molar-refractivity contribution in [3.8, 4) is 0 Å². The summed E-state index contributed by atoms with van der Waals surface area (Å²) < 4.78 is 1.37. The van der Waals surface area contributed by atoms with Crippen LogP contribution < -0.4 is 0 Å². The molecule has 5 heteroatoms. The van der Waals surface area contributed by atoms with Gasteiger partial charge in [-0.1, -0.05) is 18.2 Å².